The molecule has 108 valence electrons. The Labute approximate surface area is 122 Å². The molecule has 2 N–H and O–H groups in total. The summed E-state index contributed by atoms with van der Waals surface area (Å²) in [7, 11) is 0. The van der Waals surface area contributed by atoms with Gasteiger partial charge in [-0.25, -0.2) is 9.82 Å². The maximum atomic E-state index is 12.7. The summed E-state index contributed by atoms with van der Waals surface area (Å²) in [4.78, 5) is 11.6. The van der Waals surface area contributed by atoms with E-state index in [-0.39, 0.29) is 18.3 Å². The van der Waals surface area contributed by atoms with Gasteiger partial charge in [-0.15, -0.1) is 0 Å². The molecule has 1 amide bonds. The highest BCUT2D eigenvalue weighted by Crippen LogP contribution is 2.08. The van der Waals surface area contributed by atoms with E-state index in [0.717, 1.165) is 11.3 Å². The Morgan fingerprint density at radius 3 is 2.71 bits per heavy atom. The molecule has 0 aliphatic heterocycles. The fourth-order valence-corrected chi connectivity index (χ4v) is 1.70. The normalized spacial score (nSPS) is 10.6. The second kappa shape index (κ2) is 7.19. The largest absolute Gasteiger partial charge is 0.376 e. The van der Waals surface area contributed by atoms with E-state index in [4.69, 9.17) is 0 Å². The van der Waals surface area contributed by atoms with E-state index in [9.17, 15) is 9.18 Å². The molecule has 0 bridgehead atoms. The molecule has 5 heteroatoms. The van der Waals surface area contributed by atoms with E-state index >= 15 is 0 Å². The van der Waals surface area contributed by atoms with E-state index < -0.39 is 0 Å². The van der Waals surface area contributed by atoms with Crippen molar-refractivity contribution in [2.45, 2.75) is 6.92 Å². The molecule has 0 fully saturated rings. The number of hydrazone groups is 1. The van der Waals surface area contributed by atoms with Crippen molar-refractivity contribution < 1.29 is 9.18 Å². The van der Waals surface area contributed by atoms with Crippen molar-refractivity contribution in [2.75, 3.05) is 11.9 Å². The van der Waals surface area contributed by atoms with Crippen LogP contribution in [0.25, 0.3) is 0 Å². The number of hydrogen-bond acceptors (Lipinski definition) is 3. The van der Waals surface area contributed by atoms with Gasteiger partial charge in [0.05, 0.1) is 12.8 Å². The predicted molar refractivity (Wildman–Crippen MR) is 81.8 cm³/mol. The fraction of sp³-hybridized carbons (Fsp3) is 0.125. The molecule has 0 spiro atoms. The average Bonchev–Trinajstić information content (AvgIpc) is 2.47. The van der Waals surface area contributed by atoms with E-state index in [1.165, 1.54) is 18.3 Å². The Balaban J connectivity index is 1.78. The third-order valence-electron chi connectivity index (χ3n) is 2.74. The van der Waals surface area contributed by atoms with Gasteiger partial charge in [0, 0.05) is 5.69 Å². The molecule has 0 radical (unpaired) electrons. The van der Waals surface area contributed by atoms with Gasteiger partial charge < -0.3 is 5.32 Å². The van der Waals surface area contributed by atoms with E-state index in [0.29, 0.717) is 5.56 Å². The summed E-state index contributed by atoms with van der Waals surface area (Å²) in [6.45, 7) is 2.11. The lowest BCUT2D eigenvalue weighted by molar-refractivity contribution is -0.119. The van der Waals surface area contributed by atoms with Crippen molar-refractivity contribution in [3.63, 3.8) is 0 Å². The number of benzene rings is 2. The quantitative estimate of drug-likeness (QED) is 0.655. The number of amides is 1. The number of halogens is 1. The van der Waals surface area contributed by atoms with Crippen LogP contribution < -0.4 is 10.7 Å². The first-order valence-electron chi connectivity index (χ1n) is 6.51. The van der Waals surface area contributed by atoms with Crippen molar-refractivity contribution in [3.8, 4) is 0 Å². The number of aryl methyl sites for hydroxylation is 1. The first-order chi connectivity index (χ1) is 10.1. The number of nitrogens with zero attached hydrogens (tertiary/aromatic N) is 1. The lowest BCUT2D eigenvalue weighted by atomic mass is 10.2. The molecule has 0 saturated heterocycles. The fourth-order valence-electron chi connectivity index (χ4n) is 1.70. The summed E-state index contributed by atoms with van der Waals surface area (Å²) in [5.74, 6) is -0.562. The standard InChI is InChI=1S/C16H16FN3O/c1-12-3-2-4-15(9-12)18-11-16(21)20-19-10-13-5-7-14(17)8-6-13/h2-10,18H,11H2,1H3,(H,20,21). The zero-order valence-electron chi connectivity index (χ0n) is 11.6. The highest BCUT2D eigenvalue weighted by molar-refractivity contribution is 5.84. The molecule has 2 rings (SSSR count). The minimum atomic E-state index is -0.307. The highest BCUT2D eigenvalue weighted by Gasteiger charge is 1.99. The summed E-state index contributed by atoms with van der Waals surface area (Å²) in [5, 5.41) is 6.82. The van der Waals surface area contributed by atoms with Crippen LogP contribution in [-0.4, -0.2) is 18.7 Å². The van der Waals surface area contributed by atoms with Crippen molar-refractivity contribution in [2.24, 2.45) is 5.10 Å². The van der Waals surface area contributed by atoms with Gasteiger partial charge in [-0.3, -0.25) is 4.79 Å². The van der Waals surface area contributed by atoms with Gasteiger partial charge in [0.1, 0.15) is 5.82 Å². The summed E-state index contributed by atoms with van der Waals surface area (Å²) >= 11 is 0. The number of carbonyl (C=O) groups is 1. The number of carbonyl (C=O) groups excluding carboxylic acids is 1. The zero-order chi connectivity index (χ0) is 15.1. The maximum absolute atomic E-state index is 12.7. The van der Waals surface area contributed by atoms with Gasteiger partial charge in [0.2, 0.25) is 0 Å². The summed E-state index contributed by atoms with van der Waals surface area (Å²) in [6, 6.07) is 13.6. The maximum Gasteiger partial charge on any atom is 0.259 e. The Kier molecular flexibility index (Phi) is 5.04. The van der Waals surface area contributed by atoms with Crippen LogP contribution in [0.3, 0.4) is 0 Å². The smallest absolute Gasteiger partial charge is 0.259 e. The lowest BCUT2D eigenvalue weighted by Gasteiger charge is -2.05. The SMILES string of the molecule is Cc1cccc(NCC(=O)NN=Cc2ccc(F)cc2)c1. The van der Waals surface area contributed by atoms with Crippen molar-refractivity contribution >= 4 is 17.8 Å². The van der Waals surface area contributed by atoms with Crippen LogP contribution in [0.2, 0.25) is 0 Å². The summed E-state index contributed by atoms with van der Waals surface area (Å²) < 4.78 is 12.7. The molecule has 0 aromatic heterocycles. The molecule has 0 saturated carbocycles. The third-order valence-corrected chi connectivity index (χ3v) is 2.74. The van der Waals surface area contributed by atoms with Crippen molar-refractivity contribution in [1.29, 1.82) is 0 Å². The average molecular weight is 285 g/mol. The van der Waals surface area contributed by atoms with Crippen LogP contribution in [-0.2, 0) is 4.79 Å². The van der Waals surface area contributed by atoms with Crippen LogP contribution >= 0.6 is 0 Å². The molecule has 0 unspecified atom stereocenters. The highest BCUT2D eigenvalue weighted by atomic mass is 19.1. The van der Waals surface area contributed by atoms with E-state index in [1.54, 1.807) is 12.1 Å². The number of nitrogens with one attached hydrogen (secondary N) is 2. The molecule has 0 heterocycles. The Morgan fingerprint density at radius 1 is 1.24 bits per heavy atom. The topological polar surface area (TPSA) is 53.5 Å². The van der Waals surface area contributed by atoms with Gasteiger partial charge in [0.25, 0.3) is 5.91 Å². The predicted octanol–water partition coefficient (Wildman–Crippen LogP) is 2.70. The second-order valence-electron chi connectivity index (χ2n) is 4.57. The Bertz CT molecular complexity index is 638. The molecule has 0 aliphatic carbocycles. The van der Waals surface area contributed by atoms with E-state index in [1.807, 2.05) is 31.2 Å². The van der Waals surface area contributed by atoms with Crippen molar-refractivity contribution in [3.05, 3.63) is 65.5 Å². The Morgan fingerprint density at radius 2 is 2.00 bits per heavy atom. The number of hydrogen-bond donors (Lipinski definition) is 2. The van der Waals surface area contributed by atoms with Crippen LogP contribution in [0.1, 0.15) is 11.1 Å². The Hall–Kier alpha value is -2.69. The van der Waals surface area contributed by atoms with Gasteiger partial charge in [-0.2, -0.15) is 5.10 Å². The zero-order valence-corrected chi connectivity index (χ0v) is 11.6. The second-order valence-corrected chi connectivity index (χ2v) is 4.57. The first-order valence-corrected chi connectivity index (χ1v) is 6.51. The number of rotatable bonds is 5. The van der Waals surface area contributed by atoms with Gasteiger partial charge in [0.15, 0.2) is 0 Å². The molecule has 21 heavy (non-hydrogen) atoms. The third kappa shape index (κ3) is 5.06. The molecule has 2 aromatic rings. The van der Waals surface area contributed by atoms with Gasteiger partial charge in [-0.1, -0.05) is 24.3 Å². The van der Waals surface area contributed by atoms with Crippen LogP contribution in [0.4, 0.5) is 10.1 Å². The molecular formula is C16H16FN3O. The van der Waals surface area contributed by atoms with Crippen LogP contribution in [0.5, 0.6) is 0 Å². The minimum absolute atomic E-state index is 0.129. The minimum Gasteiger partial charge on any atom is -0.376 e. The molecular weight excluding hydrogens is 269 g/mol. The summed E-state index contributed by atoms with van der Waals surface area (Å²) in [6.07, 6.45) is 1.46. The van der Waals surface area contributed by atoms with Crippen molar-refractivity contribution in [1.82, 2.24) is 5.43 Å². The van der Waals surface area contributed by atoms with Crippen LogP contribution in [0, 0.1) is 12.7 Å². The molecule has 0 atom stereocenters. The number of anilines is 1. The molecule has 4 nitrogen and oxygen atoms in total. The monoisotopic (exact) mass is 285 g/mol. The van der Waals surface area contributed by atoms with E-state index in [2.05, 4.69) is 15.8 Å². The molecule has 2 aromatic carbocycles. The lowest BCUT2D eigenvalue weighted by Crippen LogP contribution is -2.25. The summed E-state index contributed by atoms with van der Waals surface area (Å²) in [5.41, 5.74) is 5.12. The molecule has 0 aliphatic rings. The first kappa shape index (κ1) is 14.7. The van der Waals surface area contributed by atoms with Gasteiger partial charge >= 0.3 is 0 Å². The van der Waals surface area contributed by atoms with Gasteiger partial charge in [-0.05, 0) is 42.3 Å². The van der Waals surface area contributed by atoms with Crippen LogP contribution in [0.15, 0.2) is 53.6 Å².